The van der Waals surface area contributed by atoms with Gasteiger partial charge in [0.15, 0.2) is 11.5 Å². The second-order valence-corrected chi connectivity index (χ2v) is 22.7. The van der Waals surface area contributed by atoms with Gasteiger partial charge in [-0.3, -0.25) is 14.7 Å². The summed E-state index contributed by atoms with van der Waals surface area (Å²) in [7, 11) is 0. The molecular formula is C60H72ClFN12O7S. The molecule has 0 spiro atoms. The molecular weight excluding hydrogens is 1090 g/mol. The number of amides is 2. The highest BCUT2D eigenvalue weighted by atomic mass is 35.5. The third-order valence-corrected chi connectivity index (χ3v) is 17.1. The summed E-state index contributed by atoms with van der Waals surface area (Å²) in [6.45, 7) is 15.3. The van der Waals surface area contributed by atoms with Gasteiger partial charge in [-0.2, -0.15) is 15.1 Å². The van der Waals surface area contributed by atoms with E-state index in [0.29, 0.717) is 101 Å². The quantitative estimate of drug-likeness (QED) is 0.0319. The molecule has 19 nitrogen and oxygen atoms in total. The van der Waals surface area contributed by atoms with Gasteiger partial charge in [0.25, 0.3) is 0 Å². The summed E-state index contributed by atoms with van der Waals surface area (Å²) in [5, 5.41) is 27.0. The fraction of sp³-hybridized carbons (Fsp3) is 0.433. The Bertz CT molecular complexity index is 3430. The summed E-state index contributed by atoms with van der Waals surface area (Å²) >= 11 is 9.09. The van der Waals surface area contributed by atoms with E-state index in [0.717, 1.165) is 71.5 Å². The molecule has 434 valence electrons. The summed E-state index contributed by atoms with van der Waals surface area (Å²) in [5.41, 5.74) is 15.6. The van der Waals surface area contributed by atoms with Crippen molar-refractivity contribution in [2.24, 2.45) is 11.6 Å². The maximum absolute atomic E-state index is 15.7. The molecule has 8 heterocycles. The monoisotopic (exact) mass is 1160 g/mol. The first-order valence-corrected chi connectivity index (χ1v) is 29.5. The predicted octanol–water partition coefficient (Wildman–Crippen LogP) is 8.87. The molecule has 82 heavy (non-hydrogen) atoms. The zero-order chi connectivity index (χ0) is 57.8. The number of hydrazine groups is 1. The number of likely N-dealkylation sites (tertiary alicyclic amines) is 1. The van der Waals surface area contributed by atoms with E-state index < -0.39 is 24.0 Å². The van der Waals surface area contributed by atoms with Gasteiger partial charge >= 0.3 is 6.01 Å². The molecule has 4 aromatic carbocycles. The molecule has 0 saturated carbocycles. The second kappa shape index (κ2) is 25.6. The first kappa shape index (κ1) is 58.1. The summed E-state index contributed by atoms with van der Waals surface area (Å²) < 4.78 is 41.4. The van der Waals surface area contributed by atoms with Crippen molar-refractivity contribution in [1.82, 2.24) is 45.7 Å². The number of rotatable bonds is 15. The average molecular weight is 1160 g/mol. The zero-order valence-corrected chi connectivity index (χ0v) is 48.7. The standard InChI is InChI=1S/C38H41ClFN9O4.C19H23N3O3S.C3H8/c1-3-48(42)16-26(41)21-6-4-20(5-7-21)17-51-36-31(30-19(2)25(40)13-27-24(30)15-44-47-27)33(39)35-32-34(36)45-38(53-23-8-10-50-11-9-23)46-37(32)49-22-12-28(43-14-22)29(49)18-52-35;1-12-18(26-10-20-12)15-7-5-14(6-8-15)17(13(2)24)21-19(25)16-4-3-9-22(16)11-23;1-3-2/h4-7,13,15-16,22-23,28-29,43H,3,8-12,14,17-18,41-42H2,1-2H3,(H,44,47);5-8,10-11,13,16-17,24H,3-4,9H2,1-2H3,(H,21,25);3H2,1-2H3/b26-16-;;. The number of ether oxygens (including phenoxy) is 4. The van der Waals surface area contributed by atoms with E-state index in [1.807, 2.05) is 67.9 Å². The van der Waals surface area contributed by atoms with Crippen molar-refractivity contribution in [1.29, 1.82) is 0 Å². The number of aliphatic hydroxyl groups is 1. The molecule has 8 N–H and O–H groups in total. The predicted molar refractivity (Wildman–Crippen MR) is 317 cm³/mol. The maximum Gasteiger partial charge on any atom is 0.319 e. The molecule has 22 heteroatoms. The number of aliphatic hydroxyl groups excluding tert-OH is 1. The van der Waals surface area contributed by atoms with E-state index in [1.165, 1.54) is 22.4 Å². The zero-order valence-electron chi connectivity index (χ0n) is 47.1. The first-order chi connectivity index (χ1) is 39.7. The van der Waals surface area contributed by atoms with Gasteiger partial charge in [0, 0.05) is 67.3 Å². The minimum Gasteiger partial charge on any atom is -0.489 e. The number of carbonyl (C=O) groups is 2. The number of benzene rings is 4. The van der Waals surface area contributed by atoms with Crippen molar-refractivity contribution < 1.29 is 38.0 Å². The minimum absolute atomic E-state index is 0.0132. The highest BCUT2D eigenvalue weighted by molar-refractivity contribution is 7.13. The number of thiazole rings is 1. The van der Waals surface area contributed by atoms with Crippen LogP contribution in [-0.4, -0.2) is 128 Å². The number of nitrogens with one attached hydrogen (secondary N) is 3. The molecule has 2 amide bonds. The number of aryl methyl sites for hydroxylation is 1. The van der Waals surface area contributed by atoms with Crippen LogP contribution in [0.15, 0.2) is 72.5 Å². The molecule has 5 aliphatic heterocycles. The van der Waals surface area contributed by atoms with Crippen LogP contribution in [-0.2, 0) is 20.9 Å². The van der Waals surface area contributed by atoms with E-state index in [2.05, 4.69) is 44.6 Å². The number of halogens is 2. The Morgan fingerprint density at radius 1 is 1.09 bits per heavy atom. The largest absolute Gasteiger partial charge is 0.489 e. The molecule has 5 aliphatic rings. The van der Waals surface area contributed by atoms with Gasteiger partial charge in [-0.1, -0.05) is 80.4 Å². The summed E-state index contributed by atoms with van der Waals surface area (Å²) in [4.78, 5) is 43.1. The van der Waals surface area contributed by atoms with Crippen molar-refractivity contribution in [2.75, 3.05) is 44.4 Å². The van der Waals surface area contributed by atoms with Crippen LogP contribution >= 0.6 is 22.9 Å². The fourth-order valence-electron chi connectivity index (χ4n) is 11.5. The van der Waals surface area contributed by atoms with Crippen LogP contribution in [0, 0.1) is 19.7 Å². The number of anilines is 1. The lowest BCUT2D eigenvalue weighted by atomic mass is 9.93. The van der Waals surface area contributed by atoms with Crippen LogP contribution in [0.2, 0.25) is 5.02 Å². The van der Waals surface area contributed by atoms with Gasteiger partial charge in [-0.15, -0.1) is 11.3 Å². The van der Waals surface area contributed by atoms with E-state index in [-0.39, 0.29) is 47.8 Å². The number of H-pyrrole nitrogens is 1. The molecule has 3 aromatic heterocycles. The van der Waals surface area contributed by atoms with Crippen LogP contribution in [0.1, 0.15) is 100 Å². The lowest BCUT2D eigenvalue weighted by Crippen LogP contribution is -2.53. The van der Waals surface area contributed by atoms with Gasteiger partial charge in [0.1, 0.15) is 42.5 Å². The average Bonchev–Trinajstić information content (AvgIpc) is 2.17. The van der Waals surface area contributed by atoms with Crippen LogP contribution in [0.3, 0.4) is 0 Å². The van der Waals surface area contributed by atoms with Crippen molar-refractivity contribution >= 4 is 68.6 Å². The summed E-state index contributed by atoms with van der Waals surface area (Å²) in [6.07, 6.45) is 8.37. The molecule has 7 aromatic rings. The molecule has 2 bridgehead atoms. The molecule has 6 unspecified atom stereocenters. The fourth-order valence-corrected chi connectivity index (χ4v) is 12.6. The number of nitrogens with two attached hydrogens (primary N) is 2. The van der Waals surface area contributed by atoms with E-state index >= 15 is 4.39 Å². The highest BCUT2D eigenvalue weighted by Gasteiger charge is 2.50. The van der Waals surface area contributed by atoms with Crippen LogP contribution in [0.25, 0.3) is 49.1 Å². The molecule has 6 atom stereocenters. The molecule has 0 radical (unpaired) electrons. The van der Waals surface area contributed by atoms with Gasteiger partial charge < -0.3 is 55.2 Å². The Labute approximate surface area is 485 Å². The minimum atomic E-state index is -0.749. The Morgan fingerprint density at radius 2 is 1.84 bits per heavy atom. The van der Waals surface area contributed by atoms with E-state index in [9.17, 15) is 14.7 Å². The number of carbonyl (C=O) groups excluding carboxylic acids is 2. The van der Waals surface area contributed by atoms with Crippen molar-refractivity contribution in [3.8, 4) is 39.1 Å². The van der Waals surface area contributed by atoms with Crippen LogP contribution in [0.4, 0.5) is 10.2 Å². The smallest absolute Gasteiger partial charge is 0.319 e. The van der Waals surface area contributed by atoms with Gasteiger partial charge in [-0.05, 0) is 80.8 Å². The number of hydrogen-bond acceptors (Lipinski definition) is 17. The van der Waals surface area contributed by atoms with Crippen LogP contribution < -0.4 is 41.3 Å². The first-order valence-electron chi connectivity index (χ1n) is 28.2. The lowest BCUT2D eigenvalue weighted by Gasteiger charge is -2.35. The number of hydrogen-bond donors (Lipinski definition) is 6. The third-order valence-electron chi connectivity index (χ3n) is 15.7. The van der Waals surface area contributed by atoms with E-state index in [4.69, 9.17) is 52.1 Å². The molecule has 4 saturated heterocycles. The normalized spacial score (nSPS) is 20.0. The highest BCUT2D eigenvalue weighted by Crippen LogP contribution is 2.55. The Balaban J connectivity index is 0.000000217. The van der Waals surface area contributed by atoms with Gasteiger partial charge in [0.2, 0.25) is 12.3 Å². The maximum atomic E-state index is 15.7. The Kier molecular flexibility index (Phi) is 18.1. The van der Waals surface area contributed by atoms with Crippen LogP contribution in [0.5, 0.6) is 17.5 Å². The second-order valence-electron chi connectivity index (χ2n) is 21.4. The Morgan fingerprint density at radius 3 is 2.54 bits per heavy atom. The number of fused-ring (bicyclic) bond motifs is 7. The van der Waals surface area contributed by atoms with Gasteiger partial charge in [-0.25, -0.2) is 15.2 Å². The third kappa shape index (κ3) is 11.9. The number of nitrogens with zero attached hydrogens (tertiary/aromatic N) is 7. The van der Waals surface area contributed by atoms with Crippen molar-refractivity contribution in [3.05, 3.63) is 111 Å². The topological polar surface area (TPSA) is 244 Å². The SMILES string of the molecule is CCC.CCN(N)/C=C(\N)c1ccc(COc2c(-c3c(C)c(F)cc4[nH]ncc34)c(Cl)c3c4c(nc(OC5CCOCC5)nc24)N2C4CNC(C4)C2CO3)cc1.Cc1ncsc1-c1ccc(C(NC(=O)C2CCCN2C=O)C(C)O)cc1. The number of aromatic nitrogens is 5. The molecule has 12 rings (SSSR count). The summed E-state index contributed by atoms with van der Waals surface area (Å²) in [6, 6.07) is 16.7. The number of piperazine rings is 1. The number of aromatic amines is 1. The van der Waals surface area contributed by atoms with Gasteiger partial charge in [0.05, 0.1) is 75.3 Å². The summed E-state index contributed by atoms with van der Waals surface area (Å²) in [5.74, 6) is 6.80. The van der Waals surface area contributed by atoms with Crippen molar-refractivity contribution in [2.45, 2.75) is 129 Å². The molecule has 4 fully saturated rings. The lowest BCUT2D eigenvalue weighted by molar-refractivity contribution is -0.132. The van der Waals surface area contributed by atoms with Crippen molar-refractivity contribution in [3.63, 3.8) is 0 Å². The Hall–Kier alpha value is -7.14. The van der Waals surface area contributed by atoms with E-state index in [1.54, 1.807) is 37.6 Å². The molecule has 0 aliphatic carbocycles.